The fourth-order valence-corrected chi connectivity index (χ4v) is 2.18. The van der Waals surface area contributed by atoms with Gasteiger partial charge in [0.15, 0.2) is 0 Å². The van der Waals surface area contributed by atoms with Crippen molar-refractivity contribution in [3.63, 3.8) is 0 Å². The predicted octanol–water partition coefficient (Wildman–Crippen LogP) is 1.66. The third-order valence-corrected chi connectivity index (χ3v) is 3.27. The van der Waals surface area contributed by atoms with E-state index in [1.165, 1.54) is 0 Å². The fraction of sp³-hybridized carbons (Fsp3) is 0.615. The minimum absolute atomic E-state index is 0.941. The predicted molar refractivity (Wildman–Crippen MR) is 72.7 cm³/mol. The Balaban J connectivity index is 1.94. The van der Waals surface area contributed by atoms with E-state index in [1.807, 2.05) is 6.20 Å². The number of rotatable bonds is 4. The van der Waals surface area contributed by atoms with E-state index < -0.39 is 0 Å². The van der Waals surface area contributed by atoms with Crippen LogP contribution in [0.3, 0.4) is 0 Å². The van der Waals surface area contributed by atoms with Gasteiger partial charge in [0.05, 0.1) is 11.9 Å². The van der Waals surface area contributed by atoms with E-state index in [0.717, 1.165) is 50.8 Å². The summed E-state index contributed by atoms with van der Waals surface area (Å²) in [5.41, 5.74) is 1.10. The highest BCUT2D eigenvalue weighted by Gasteiger charge is 2.16. The van der Waals surface area contributed by atoms with Crippen LogP contribution in [0.4, 0.5) is 11.5 Å². The number of likely N-dealkylation sites (N-methyl/N-ethyl adjacent to an activating group) is 1. The van der Waals surface area contributed by atoms with Crippen molar-refractivity contribution in [2.75, 3.05) is 49.5 Å². The highest BCUT2D eigenvalue weighted by atomic mass is 15.3. The molecule has 0 spiro atoms. The first-order valence-corrected chi connectivity index (χ1v) is 6.50. The summed E-state index contributed by atoms with van der Waals surface area (Å²) < 4.78 is 0. The summed E-state index contributed by atoms with van der Waals surface area (Å²) in [6, 6.07) is 4.22. The first-order chi connectivity index (χ1) is 8.33. The summed E-state index contributed by atoms with van der Waals surface area (Å²) >= 11 is 0. The van der Waals surface area contributed by atoms with Crippen LogP contribution < -0.4 is 10.2 Å². The van der Waals surface area contributed by atoms with Crippen molar-refractivity contribution >= 4 is 11.5 Å². The smallest absolute Gasteiger partial charge is 0.128 e. The van der Waals surface area contributed by atoms with Crippen molar-refractivity contribution in [2.45, 2.75) is 13.8 Å². The van der Waals surface area contributed by atoms with Gasteiger partial charge >= 0.3 is 0 Å². The van der Waals surface area contributed by atoms with Crippen LogP contribution in [-0.2, 0) is 0 Å². The molecule has 0 amide bonds. The van der Waals surface area contributed by atoms with Gasteiger partial charge in [0, 0.05) is 32.7 Å². The first kappa shape index (κ1) is 12.2. The van der Waals surface area contributed by atoms with E-state index in [0.29, 0.717) is 0 Å². The lowest BCUT2D eigenvalue weighted by Crippen LogP contribution is -2.46. The lowest BCUT2D eigenvalue weighted by Gasteiger charge is -2.34. The Hall–Kier alpha value is -1.29. The van der Waals surface area contributed by atoms with Crippen LogP contribution in [0.25, 0.3) is 0 Å². The van der Waals surface area contributed by atoms with Gasteiger partial charge in [-0.25, -0.2) is 4.98 Å². The topological polar surface area (TPSA) is 31.4 Å². The number of hydrogen-bond donors (Lipinski definition) is 1. The van der Waals surface area contributed by atoms with Gasteiger partial charge in [-0.3, -0.25) is 0 Å². The van der Waals surface area contributed by atoms with Crippen LogP contribution in [-0.4, -0.2) is 49.2 Å². The molecule has 1 fully saturated rings. The normalized spacial score (nSPS) is 17.2. The zero-order chi connectivity index (χ0) is 12.1. The summed E-state index contributed by atoms with van der Waals surface area (Å²) in [7, 11) is 0. The molecule has 4 nitrogen and oxygen atoms in total. The van der Waals surface area contributed by atoms with E-state index in [1.54, 1.807) is 0 Å². The molecule has 0 bridgehead atoms. The Morgan fingerprint density at radius 2 is 1.94 bits per heavy atom. The zero-order valence-electron chi connectivity index (χ0n) is 10.8. The van der Waals surface area contributed by atoms with Gasteiger partial charge in [0.1, 0.15) is 5.82 Å². The molecule has 1 N–H and O–H groups in total. The largest absolute Gasteiger partial charge is 0.384 e. The first-order valence-electron chi connectivity index (χ1n) is 6.50. The SMILES string of the molecule is CCNc1ccc(N2CCN(CC)CC2)nc1. The Morgan fingerprint density at radius 3 is 2.47 bits per heavy atom. The highest BCUT2D eigenvalue weighted by Crippen LogP contribution is 2.15. The van der Waals surface area contributed by atoms with Crippen molar-refractivity contribution in [3.05, 3.63) is 18.3 Å². The van der Waals surface area contributed by atoms with Crippen LogP contribution in [0, 0.1) is 0 Å². The van der Waals surface area contributed by atoms with Gasteiger partial charge in [0.25, 0.3) is 0 Å². The Morgan fingerprint density at radius 1 is 1.18 bits per heavy atom. The minimum Gasteiger partial charge on any atom is -0.384 e. The second kappa shape index (κ2) is 5.87. The number of hydrogen-bond acceptors (Lipinski definition) is 4. The molecule has 0 aliphatic carbocycles. The molecule has 1 aromatic rings. The Labute approximate surface area is 104 Å². The maximum absolute atomic E-state index is 4.52. The third kappa shape index (κ3) is 3.09. The maximum Gasteiger partial charge on any atom is 0.128 e. The van der Waals surface area contributed by atoms with Crippen molar-refractivity contribution in [1.29, 1.82) is 0 Å². The van der Waals surface area contributed by atoms with E-state index in [4.69, 9.17) is 0 Å². The average Bonchev–Trinajstić information content (AvgIpc) is 2.40. The molecule has 0 atom stereocenters. The fourth-order valence-electron chi connectivity index (χ4n) is 2.18. The van der Waals surface area contributed by atoms with E-state index in [2.05, 4.69) is 46.1 Å². The van der Waals surface area contributed by atoms with Crippen LogP contribution in [0.2, 0.25) is 0 Å². The van der Waals surface area contributed by atoms with Gasteiger partial charge in [-0.05, 0) is 25.6 Å². The number of nitrogens with one attached hydrogen (secondary N) is 1. The van der Waals surface area contributed by atoms with Crippen LogP contribution in [0.15, 0.2) is 18.3 Å². The number of anilines is 2. The Kier molecular flexibility index (Phi) is 4.20. The molecule has 0 unspecified atom stereocenters. The molecule has 1 aliphatic heterocycles. The zero-order valence-corrected chi connectivity index (χ0v) is 10.8. The highest BCUT2D eigenvalue weighted by molar-refractivity contribution is 5.48. The van der Waals surface area contributed by atoms with Crippen molar-refractivity contribution in [3.8, 4) is 0 Å². The van der Waals surface area contributed by atoms with Gasteiger partial charge in [0.2, 0.25) is 0 Å². The second-order valence-electron chi connectivity index (χ2n) is 4.36. The molecule has 1 aromatic heterocycles. The summed E-state index contributed by atoms with van der Waals surface area (Å²) in [6.07, 6.45) is 1.92. The molecular weight excluding hydrogens is 212 g/mol. The molecule has 0 aromatic carbocycles. The van der Waals surface area contributed by atoms with E-state index >= 15 is 0 Å². The quantitative estimate of drug-likeness (QED) is 0.858. The lowest BCUT2D eigenvalue weighted by atomic mass is 10.3. The van der Waals surface area contributed by atoms with Crippen LogP contribution in [0.1, 0.15) is 13.8 Å². The van der Waals surface area contributed by atoms with Crippen molar-refractivity contribution in [2.24, 2.45) is 0 Å². The monoisotopic (exact) mass is 234 g/mol. The summed E-state index contributed by atoms with van der Waals surface area (Å²) in [6.45, 7) is 10.9. The van der Waals surface area contributed by atoms with Crippen molar-refractivity contribution in [1.82, 2.24) is 9.88 Å². The molecule has 94 valence electrons. The molecule has 2 rings (SSSR count). The van der Waals surface area contributed by atoms with E-state index in [-0.39, 0.29) is 0 Å². The second-order valence-corrected chi connectivity index (χ2v) is 4.36. The summed E-state index contributed by atoms with van der Waals surface area (Å²) in [5, 5.41) is 3.26. The number of aromatic nitrogens is 1. The molecule has 1 aliphatic rings. The van der Waals surface area contributed by atoms with Crippen molar-refractivity contribution < 1.29 is 0 Å². The molecule has 1 saturated heterocycles. The maximum atomic E-state index is 4.52. The number of nitrogens with zero attached hydrogens (tertiary/aromatic N) is 3. The van der Waals surface area contributed by atoms with Gasteiger partial charge < -0.3 is 15.1 Å². The van der Waals surface area contributed by atoms with E-state index in [9.17, 15) is 0 Å². The summed E-state index contributed by atoms with van der Waals surface area (Å²) in [5.74, 6) is 1.10. The van der Waals surface area contributed by atoms with Gasteiger partial charge in [-0.15, -0.1) is 0 Å². The number of pyridine rings is 1. The molecule has 17 heavy (non-hydrogen) atoms. The standard InChI is InChI=1S/C13H22N4/c1-3-14-12-5-6-13(15-11-12)17-9-7-16(4-2)8-10-17/h5-6,11,14H,3-4,7-10H2,1-2H3. The third-order valence-electron chi connectivity index (χ3n) is 3.27. The molecule has 2 heterocycles. The lowest BCUT2D eigenvalue weighted by molar-refractivity contribution is 0.270. The minimum atomic E-state index is 0.941. The molecule has 0 saturated carbocycles. The summed E-state index contributed by atoms with van der Waals surface area (Å²) in [4.78, 5) is 9.36. The molecule has 0 radical (unpaired) electrons. The number of piperazine rings is 1. The average molecular weight is 234 g/mol. The van der Waals surface area contributed by atoms with Gasteiger partial charge in [-0.1, -0.05) is 6.92 Å². The van der Waals surface area contributed by atoms with Crippen LogP contribution in [0.5, 0.6) is 0 Å². The Bertz CT molecular complexity index is 328. The van der Waals surface area contributed by atoms with Gasteiger partial charge in [-0.2, -0.15) is 0 Å². The molecule has 4 heteroatoms. The molecular formula is C13H22N4. The van der Waals surface area contributed by atoms with Crippen LogP contribution >= 0.6 is 0 Å².